The lowest BCUT2D eigenvalue weighted by molar-refractivity contribution is 0.0583. The van der Waals surface area contributed by atoms with Crippen molar-refractivity contribution in [3.8, 4) is 0 Å². The summed E-state index contributed by atoms with van der Waals surface area (Å²) in [5.41, 5.74) is 17.4. The van der Waals surface area contributed by atoms with Gasteiger partial charge in [-0.15, -0.1) is 0 Å². The van der Waals surface area contributed by atoms with E-state index in [0.29, 0.717) is 51.0 Å². The Bertz CT molecular complexity index is 1630. The first-order valence-corrected chi connectivity index (χ1v) is 17.4. The number of nitrogen functional groups attached to an aromatic ring is 2. The van der Waals surface area contributed by atoms with Gasteiger partial charge in [-0.2, -0.15) is 0 Å². The average Bonchev–Trinajstić information content (AvgIpc) is 3.96. The third-order valence-electron chi connectivity index (χ3n) is 8.69. The molecule has 4 aromatic carbocycles. The molecule has 2 saturated carbocycles. The Morgan fingerprint density at radius 1 is 0.681 bits per heavy atom. The van der Waals surface area contributed by atoms with Gasteiger partial charge in [0, 0.05) is 88.0 Å². The zero-order valence-electron chi connectivity index (χ0n) is 26.5. The van der Waals surface area contributed by atoms with Gasteiger partial charge in [0.15, 0.2) is 0 Å². The highest BCUT2D eigenvalue weighted by molar-refractivity contribution is 6.35. The number of aliphatic hydroxyl groups excluding tert-OH is 1. The maximum absolute atomic E-state index is 10.6. The van der Waals surface area contributed by atoms with Gasteiger partial charge in [-0.05, 0) is 73.2 Å². The Balaban J connectivity index is 0.000000185. The third-order valence-corrected chi connectivity index (χ3v) is 9.87. The summed E-state index contributed by atoms with van der Waals surface area (Å²) in [5.74, 6) is 0. The van der Waals surface area contributed by atoms with Gasteiger partial charge in [0.25, 0.3) is 0 Å². The van der Waals surface area contributed by atoms with Crippen molar-refractivity contribution in [1.82, 2.24) is 9.80 Å². The van der Waals surface area contributed by atoms with Crippen LogP contribution in [0.2, 0.25) is 20.1 Å². The molecule has 4 aromatic rings. The van der Waals surface area contributed by atoms with Gasteiger partial charge in [0.1, 0.15) is 0 Å². The lowest BCUT2D eigenvalue weighted by Crippen LogP contribution is -2.31. The van der Waals surface area contributed by atoms with E-state index in [4.69, 9.17) is 62.6 Å². The van der Waals surface area contributed by atoms with Gasteiger partial charge in [0.2, 0.25) is 0 Å². The minimum atomic E-state index is -0.608. The second-order valence-corrected chi connectivity index (χ2v) is 14.0. The molecule has 0 bridgehead atoms. The second-order valence-electron chi connectivity index (χ2n) is 12.3. The summed E-state index contributed by atoms with van der Waals surface area (Å²) in [5, 5.41) is 13.2. The summed E-state index contributed by atoms with van der Waals surface area (Å²) >= 11 is 24.6. The summed E-state index contributed by atoms with van der Waals surface area (Å²) in [4.78, 5) is 4.70. The van der Waals surface area contributed by atoms with Crippen molar-refractivity contribution in [3.63, 3.8) is 0 Å². The van der Waals surface area contributed by atoms with Crippen molar-refractivity contribution in [2.75, 3.05) is 31.7 Å². The van der Waals surface area contributed by atoms with Crippen LogP contribution in [0.1, 0.15) is 60.1 Å². The molecule has 10 heteroatoms. The first-order valence-electron chi connectivity index (χ1n) is 15.9. The highest BCUT2D eigenvalue weighted by Crippen LogP contribution is 2.35. The Kier molecular flexibility index (Phi) is 12.7. The molecule has 2 unspecified atom stereocenters. The SMILES string of the molecule is COC(CN(Cc1ccc(Cl)cc1Cl)C1CC1)c1ccccc1N.Nc1ccccc1C(O)CN(Cc1ccc(Cl)cc1Cl)C1CC1. The molecule has 0 aromatic heterocycles. The number of aliphatic hydroxyl groups is 1. The fraction of sp³-hybridized carbons (Fsp3) is 0.351. The van der Waals surface area contributed by atoms with Crippen molar-refractivity contribution >= 4 is 57.8 Å². The van der Waals surface area contributed by atoms with Crippen LogP contribution in [0.25, 0.3) is 0 Å². The van der Waals surface area contributed by atoms with Gasteiger partial charge in [-0.1, -0.05) is 94.9 Å². The van der Waals surface area contributed by atoms with E-state index < -0.39 is 6.10 Å². The van der Waals surface area contributed by atoms with Crippen LogP contribution in [0, 0.1) is 0 Å². The predicted octanol–water partition coefficient (Wildman–Crippen LogP) is 9.20. The minimum Gasteiger partial charge on any atom is -0.398 e. The van der Waals surface area contributed by atoms with Gasteiger partial charge in [-0.3, -0.25) is 9.80 Å². The number of hydrogen-bond acceptors (Lipinski definition) is 6. The molecule has 0 saturated heterocycles. The van der Waals surface area contributed by atoms with E-state index in [0.717, 1.165) is 53.9 Å². The monoisotopic (exact) mass is 714 g/mol. The van der Waals surface area contributed by atoms with Crippen LogP contribution in [-0.2, 0) is 17.8 Å². The largest absolute Gasteiger partial charge is 0.398 e. The number of methoxy groups -OCH3 is 1. The van der Waals surface area contributed by atoms with Crippen LogP contribution in [-0.4, -0.2) is 47.2 Å². The fourth-order valence-corrected chi connectivity index (χ4v) is 6.69. The van der Waals surface area contributed by atoms with E-state index in [1.54, 1.807) is 19.2 Å². The first kappa shape index (κ1) is 35.8. The maximum atomic E-state index is 10.6. The molecule has 6 nitrogen and oxygen atoms in total. The molecule has 5 N–H and O–H groups in total. The predicted molar refractivity (Wildman–Crippen MR) is 196 cm³/mol. The summed E-state index contributed by atoms with van der Waals surface area (Å²) < 4.78 is 5.74. The van der Waals surface area contributed by atoms with Crippen LogP contribution in [0.3, 0.4) is 0 Å². The molecule has 47 heavy (non-hydrogen) atoms. The number of nitrogens with zero attached hydrogens (tertiary/aromatic N) is 2. The van der Waals surface area contributed by atoms with E-state index in [1.165, 1.54) is 12.8 Å². The standard InChI is InChI=1S/C19H22Cl2N2O.C18H20Cl2N2O/c1-24-19(16-4-2-3-5-18(16)22)12-23(15-8-9-15)11-13-6-7-14(20)10-17(13)21;19-13-6-5-12(16(20)9-13)10-22(14-7-8-14)11-18(23)15-3-1-2-4-17(15)21/h2-7,10,15,19H,8-9,11-12,22H2,1H3;1-6,9,14,18,23H,7-8,10-11,21H2. The number of ether oxygens (including phenoxy) is 1. The van der Waals surface area contributed by atoms with Crippen molar-refractivity contribution < 1.29 is 9.84 Å². The lowest BCUT2D eigenvalue weighted by atomic mass is 10.1. The molecule has 2 atom stereocenters. The van der Waals surface area contributed by atoms with Crippen LogP contribution in [0.5, 0.6) is 0 Å². The van der Waals surface area contributed by atoms with Gasteiger partial charge in [-0.25, -0.2) is 0 Å². The van der Waals surface area contributed by atoms with Crippen molar-refractivity contribution in [1.29, 1.82) is 0 Å². The normalized spacial score (nSPS) is 15.7. The van der Waals surface area contributed by atoms with E-state index in [9.17, 15) is 5.11 Å². The molecule has 2 fully saturated rings. The fourth-order valence-electron chi connectivity index (χ4n) is 5.75. The summed E-state index contributed by atoms with van der Waals surface area (Å²) in [7, 11) is 1.73. The average molecular weight is 717 g/mol. The lowest BCUT2D eigenvalue weighted by Gasteiger charge is -2.28. The van der Waals surface area contributed by atoms with Gasteiger partial charge < -0.3 is 21.3 Å². The number of hydrogen-bond donors (Lipinski definition) is 3. The molecule has 2 aliphatic rings. The number of nitrogens with two attached hydrogens (primary N) is 2. The molecule has 6 rings (SSSR count). The van der Waals surface area contributed by atoms with Crippen LogP contribution in [0.4, 0.5) is 11.4 Å². The highest BCUT2D eigenvalue weighted by Gasteiger charge is 2.32. The zero-order chi connectivity index (χ0) is 33.5. The second kappa shape index (κ2) is 16.7. The topological polar surface area (TPSA) is 88.0 Å². The summed E-state index contributed by atoms with van der Waals surface area (Å²) in [6, 6.07) is 27.7. The molecular weight excluding hydrogens is 674 g/mol. The summed E-state index contributed by atoms with van der Waals surface area (Å²) in [6.45, 7) is 2.81. The van der Waals surface area contributed by atoms with Crippen LogP contribution < -0.4 is 11.5 Å². The molecule has 250 valence electrons. The Morgan fingerprint density at radius 3 is 1.55 bits per heavy atom. The van der Waals surface area contributed by atoms with E-state index in [2.05, 4.69) is 9.80 Å². The van der Waals surface area contributed by atoms with Crippen molar-refractivity contribution in [2.45, 2.75) is 63.1 Å². The number of anilines is 2. The Hall–Kier alpha value is -2.52. The zero-order valence-corrected chi connectivity index (χ0v) is 29.5. The Labute approximate surface area is 298 Å². The highest BCUT2D eigenvalue weighted by atomic mass is 35.5. The smallest absolute Gasteiger partial charge is 0.0967 e. The van der Waals surface area contributed by atoms with E-state index in [1.807, 2.05) is 72.8 Å². The minimum absolute atomic E-state index is 0.0575. The molecule has 0 amide bonds. The van der Waals surface area contributed by atoms with E-state index >= 15 is 0 Å². The molecule has 0 heterocycles. The summed E-state index contributed by atoms with van der Waals surface area (Å²) in [6.07, 6.45) is 4.07. The number of halogens is 4. The number of para-hydroxylation sites is 2. The van der Waals surface area contributed by atoms with Crippen LogP contribution >= 0.6 is 46.4 Å². The first-order chi connectivity index (χ1) is 22.6. The van der Waals surface area contributed by atoms with Gasteiger partial charge >= 0.3 is 0 Å². The molecule has 0 aliphatic heterocycles. The molecule has 2 aliphatic carbocycles. The quantitative estimate of drug-likeness (QED) is 0.120. The number of rotatable bonds is 13. The molecule has 0 spiro atoms. The van der Waals surface area contributed by atoms with Crippen molar-refractivity contribution in [3.05, 3.63) is 127 Å². The Morgan fingerprint density at radius 2 is 1.13 bits per heavy atom. The molecular formula is C37H42Cl4N4O2. The maximum Gasteiger partial charge on any atom is 0.0967 e. The van der Waals surface area contributed by atoms with E-state index in [-0.39, 0.29) is 6.10 Å². The van der Waals surface area contributed by atoms with Crippen molar-refractivity contribution in [2.24, 2.45) is 0 Å². The van der Waals surface area contributed by atoms with Crippen LogP contribution in [0.15, 0.2) is 84.9 Å². The third kappa shape index (κ3) is 10.2. The van der Waals surface area contributed by atoms with Gasteiger partial charge in [0.05, 0.1) is 12.2 Å². The number of benzene rings is 4. The molecule has 0 radical (unpaired) electrons.